The average Bonchev–Trinajstić information content (AvgIpc) is 2.30. The molecule has 94 valence electrons. The summed E-state index contributed by atoms with van der Waals surface area (Å²) in [5.41, 5.74) is 5.32. The van der Waals surface area contributed by atoms with Crippen LogP contribution in [0.15, 0.2) is 0 Å². The average molecular weight is 226 g/mol. The molecule has 1 saturated carbocycles. The number of nitrogens with one attached hydrogen (secondary N) is 1. The van der Waals surface area contributed by atoms with Gasteiger partial charge in [-0.25, -0.2) is 0 Å². The van der Waals surface area contributed by atoms with Gasteiger partial charge in [0.15, 0.2) is 0 Å². The van der Waals surface area contributed by atoms with Gasteiger partial charge in [0, 0.05) is 17.5 Å². The molecule has 0 saturated heterocycles. The van der Waals surface area contributed by atoms with Gasteiger partial charge in [-0.15, -0.1) is 0 Å². The zero-order valence-electron chi connectivity index (χ0n) is 10.9. The van der Waals surface area contributed by atoms with Crippen LogP contribution < -0.4 is 11.1 Å². The van der Waals surface area contributed by atoms with E-state index in [1.54, 1.807) is 0 Å². The Kier molecular flexibility index (Phi) is 4.36. The lowest BCUT2D eigenvalue weighted by Crippen LogP contribution is -2.55. The summed E-state index contributed by atoms with van der Waals surface area (Å²) in [6, 6.07) is 0. The molecule has 1 fully saturated rings. The van der Waals surface area contributed by atoms with Crippen LogP contribution in [0, 0.1) is 5.41 Å². The zero-order valence-corrected chi connectivity index (χ0v) is 10.9. The van der Waals surface area contributed by atoms with Crippen molar-refractivity contribution < 1.29 is 4.79 Å². The van der Waals surface area contributed by atoms with Crippen molar-refractivity contribution in [3.63, 3.8) is 0 Å². The van der Waals surface area contributed by atoms with E-state index >= 15 is 0 Å². The highest BCUT2D eigenvalue weighted by Crippen LogP contribution is 2.36. The van der Waals surface area contributed by atoms with Crippen LogP contribution in [0.25, 0.3) is 0 Å². The number of carbonyl (C=O) groups excluding carboxylic acids is 1. The SMILES string of the molecule is CCC(C)(CN)NC(=O)C1(C)CCCCC1. The third kappa shape index (κ3) is 2.97. The van der Waals surface area contributed by atoms with E-state index in [1.807, 2.05) is 6.92 Å². The first kappa shape index (κ1) is 13.5. The predicted molar refractivity (Wildman–Crippen MR) is 67.1 cm³/mol. The summed E-state index contributed by atoms with van der Waals surface area (Å²) in [6.07, 6.45) is 6.54. The molecular formula is C13H26N2O. The lowest BCUT2D eigenvalue weighted by atomic mass is 9.74. The lowest BCUT2D eigenvalue weighted by Gasteiger charge is -2.37. The second-order valence-corrected chi connectivity index (χ2v) is 5.69. The minimum absolute atomic E-state index is 0.163. The highest BCUT2D eigenvalue weighted by atomic mass is 16.2. The first-order valence-electron chi connectivity index (χ1n) is 6.48. The third-order valence-electron chi connectivity index (χ3n) is 4.15. The van der Waals surface area contributed by atoms with Crippen LogP contribution in [0.1, 0.15) is 59.3 Å². The maximum Gasteiger partial charge on any atom is 0.226 e. The molecule has 1 aliphatic carbocycles. The molecule has 0 aromatic carbocycles. The van der Waals surface area contributed by atoms with Gasteiger partial charge >= 0.3 is 0 Å². The van der Waals surface area contributed by atoms with E-state index in [-0.39, 0.29) is 16.9 Å². The summed E-state index contributed by atoms with van der Waals surface area (Å²) in [5, 5.41) is 3.14. The monoisotopic (exact) mass is 226 g/mol. The van der Waals surface area contributed by atoms with Crippen molar-refractivity contribution in [2.75, 3.05) is 6.54 Å². The summed E-state index contributed by atoms with van der Waals surface area (Å²) in [7, 11) is 0. The number of carbonyl (C=O) groups is 1. The van der Waals surface area contributed by atoms with Gasteiger partial charge in [-0.2, -0.15) is 0 Å². The third-order valence-corrected chi connectivity index (χ3v) is 4.15. The molecule has 16 heavy (non-hydrogen) atoms. The van der Waals surface area contributed by atoms with Gasteiger partial charge < -0.3 is 11.1 Å². The number of nitrogens with two attached hydrogens (primary N) is 1. The zero-order chi connectivity index (χ0) is 12.2. The molecule has 1 rings (SSSR count). The molecule has 3 heteroatoms. The van der Waals surface area contributed by atoms with Gasteiger partial charge in [0.05, 0.1) is 0 Å². The molecule has 0 heterocycles. The quantitative estimate of drug-likeness (QED) is 0.772. The fourth-order valence-corrected chi connectivity index (χ4v) is 2.27. The Labute approximate surface area is 99.2 Å². The Balaban J connectivity index is 2.63. The molecule has 0 aromatic heterocycles. The summed E-state index contributed by atoms with van der Waals surface area (Å²) in [6.45, 7) is 6.69. The minimum atomic E-state index is -0.239. The maximum atomic E-state index is 12.3. The van der Waals surface area contributed by atoms with E-state index in [2.05, 4.69) is 19.2 Å². The molecule has 0 aliphatic heterocycles. The van der Waals surface area contributed by atoms with Gasteiger partial charge in [0.2, 0.25) is 5.91 Å². The van der Waals surface area contributed by atoms with Crippen molar-refractivity contribution in [2.24, 2.45) is 11.1 Å². The minimum Gasteiger partial charge on any atom is -0.349 e. The van der Waals surface area contributed by atoms with E-state index in [9.17, 15) is 4.79 Å². The topological polar surface area (TPSA) is 55.1 Å². The molecule has 0 spiro atoms. The second-order valence-electron chi connectivity index (χ2n) is 5.69. The van der Waals surface area contributed by atoms with Gasteiger partial charge in [0.1, 0.15) is 0 Å². The molecular weight excluding hydrogens is 200 g/mol. The standard InChI is InChI=1S/C13H26N2O/c1-4-13(3,10-14)15-11(16)12(2)8-6-5-7-9-12/h4-10,14H2,1-3H3,(H,15,16). The Hall–Kier alpha value is -0.570. The fraction of sp³-hybridized carbons (Fsp3) is 0.923. The highest BCUT2D eigenvalue weighted by Gasteiger charge is 2.37. The molecule has 1 atom stereocenters. The van der Waals surface area contributed by atoms with Crippen molar-refractivity contribution in [2.45, 2.75) is 64.8 Å². The molecule has 1 amide bonds. The van der Waals surface area contributed by atoms with E-state index in [0.29, 0.717) is 6.54 Å². The first-order chi connectivity index (χ1) is 7.46. The molecule has 3 N–H and O–H groups in total. The van der Waals surface area contributed by atoms with Crippen LogP contribution in [0.5, 0.6) is 0 Å². The Morgan fingerprint density at radius 3 is 2.38 bits per heavy atom. The summed E-state index contributed by atoms with van der Waals surface area (Å²) in [5.74, 6) is 0.196. The van der Waals surface area contributed by atoms with Gasteiger partial charge in [-0.1, -0.05) is 33.1 Å². The van der Waals surface area contributed by atoms with Crippen LogP contribution >= 0.6 is 0 Å². The largest absolute Gasteiger partial charge is 0.349 e. The molecule has 1 unspecified atom stereocenters. The van der Waals surface area contributed by atoms with Crippen molar-refractivity contribution in [3.05, 3.63) is 0 Å². The highest BCUT2D eigenvalue weighted by molar-refractivity contribution is 5.83. The van der Waals surface area contributed by atoms with Crippen molar-refractivity contribution >= 4 is 5.91 Å². The van der Waals surface area contributed by atoms with E-state index in [1.165, 1.54) is 19.3 Å². The van der Waals surface area contributed by atoms with Gasteiger partial charge in [-0.05, 0) is 26.2 Å². The summed E-state index contributed by atoms with van der Waals surface area (Å²) < 4.78 is 0. The molecule has 3 nitrogen and oxygen atoms in total. The molecule has 1 aliphatic rings. The molecule has 0 radical (unpaired) electrons. The van der Waals surface area contributed by atoms with Crippen LogP contribution in [-0.2, 0) is 4.79 Å². The normalized spacial score (nSPS) is 23.5. The molecule has 0 bridgehead atoms. The first-order valence-corrected chi connectivity index (χ1v) is 6.48. The van der Waals surface area contributed by atoms with Crippen LogP contribution in [0.2, 0.25) is 0 Å². The summed E-state index contributed by atoms with van der Waals surface area (Å²) >= 11 is 0. The summed E-state index contributed by atoms with van der Waals surface area (Å²) in [4.78, 5) is 12.3. The van der Waals surface area contributed by atoms with Crippen molar-refractivity contribution in [3.8, 4) is 0 Å². The molecule has 0 aromatic rings. The Morgan fingerprint density at radius 2 is 1.94 bits per heavy atom. The van der Waals surface area contributed by atoms with Crippen molar-refractivity contribution in [1.82, 2.24) is 5.32 Å². The van der Waals surface area contributed by atoms with Gasteiger partial charge in [0.25, 0.3) is 0 Å². The van der Waals surface area contributed by atoms with Gasteiger partial charge in [-0.3, -0.25) is 4.79 Å². The second kappa shape index (κ2) is 5.17. The van der Waals surface area contributed by atoms with Crippen LogP contribution in [0.4, 0.5) is 0 Å². The lowest BCUT2D eigenvalue weighted by molar-refractivity contribution is -0.133. The van der Waals surface area contributed by atoms with E-state index in [4.69, 9.17) is 5.73 Å². The number of hydrogen-bond donors (Lipinski definition) is 2. The fourth-order valence-electron chi connectivity index (χ4n) is 2.27. The van der Waals surface area contributed by atoms with Crippen LogP contribution in [0.3, 0.4) is 0 Å². The Bertz CT molecular complexity index is 240. The van der Waals surface area contributed by atoms with E-state index in [0.717, 1.165) is 19.3 Å². The van der Waals surface area contributed by atoms with Crippen LogP contribution in [-0.4, -0.2) is 18.0 Å². The number of rotatable bonds is 4. The number of hydrogen-bond acceptors (Lipinski definition) is 2. The maximum absolute atomic E-state index is 12.3. The van der Waals surface area contributed by atoms with Crippen molar-refractivity contribution in [1.29, 1.82) is 0 Å². The number of amides is 1. The predicted octanol–water partition coefficient (Wildman–Crippen LogP) is 2.20. The van der Waals surface area contributed by atoms with E-state index < -0.39 is 0 Å². The smallest absolute Gasteiger partial charge is 0.226 e. The Morgan fingerprint density at radius 1 is 1.38 bits per heavy atom.